The number of anilines is 1. The van der Waals surface area contributed by atoms with Gasteiger partial charge in [0.25, 0.3) is 0 Å². The summed E-state index contributed by atoms with van der Waals surface area (Å²) < 4.78 is 1.36. The fourth-order valence-electron chi connectivity index (χ4n) is 3.01. The van der Waals surface area contributed by atoms with Crippen molar-refractivity contribution in [3.8, 4) is 0 Å². The number of benzene rings is 1. The van der Waals surface area contributed by atoms with Crippen LogP contribution in [0, 0.1) is 0 Å². The quantitative estimate of drug-likeness (QED) is 0.621. The Balaban J connectivity index is 1.88. The van der Waals surface area contributed by atoms with Gasteiger partial charge in [-0.15, -0.1) is 0 Å². The first-order chi connectivity index (χ1) is 14.0. The zero-order chi connectivity index (χ0) is 20.8. The van der Waals surface area contributed by atoms with Crippen molar-refractivity contribution in [2.24, 2.45) is 5.73 Å². The summed E-state index contributed by atoms with van der Waals surface area (Å²) in [5.41, 5.74) is 7.25. The third kappa shape index (κ3) is 5.11. The number of aromatic nitrogens is 3. The molecule has 9 heteroatoms. The van der Waals surface area contributed by atoms with E-state index in [1.807, 2.05) is 37.3 Å². The molecule has 0 saturated carbocycles. The molecule has 0 saturated heterocycles. The molecule has 1 unspecified atom stereocenters. The lowest BCUT2D eigenvalue weighted by atomic mass is 10.0. The van der Waals surface area contributed by atoms with Crippen LogP contribution in [-0.2, 0) is 11.3 Å². The molecule has 0 aliphatic carbocycles. The SMILES string of the molecule is CCN(C(=O)Nc1cnn(CC(N)=O)c1)C(c1ccc(Cl)cc1)c1ccccn1. The number of urea groups is 1. The van der Waals surface area contributed by atoms with Crippen molar-refractivity contribution in [2.45, 2.75) is 19.5 Å². The fraction of sp³-hybridized carbons (Fsp3) is 0.200. The van der Waals surface area contributed by atoms with Gasteiger partial charge in [0, 0.05) is 24.0 Å². The Bertz CT molecular complexity index is 974. The molecule has 2 aromatic heterocycles. The maximum atomic E-state index is 13.1. The van der Waals surface area contributed by atoms with Crippen molar-refractivity contribution in [3.63, 3.8) is 0 Å². The monoisotopic (exact) mass is 412 g/mol. The zero-order valence-electron chi connectivity index (χ0n) is 15.8. The van der Waals surface area contributed by atoms with Crippen LogP contribution in [0.2, 0.25) is 5.02 Å². The molecule has 0 bridgehead atoms. The fourth-order valence-corrected chi connectivity index (χ4v) is 3.13. The molecule has 3 rings (SSSR count). The normalized spacial score (nSPS) is 11.7. The highest BCUT2D eigenvalue weighted by molar-refractivity contribution is 6.30. The molecule has 150 valence electrons. The number of nitrogens with two attached hydrogens (primary N) is 1. The Morgan fingerprint density at radius 2 is 2.00 bits per heavy atom. The third-order valence-corrected chi connectivity index (χ3v) is 4.52. The van der Waals surface area contributed by atoms with Crippen LogP contribution >= 0.6 is 11.6 Å². The number of primary amides is 1. The summed E-state index contributed by atoms with van der Waals surface area (Å²) in [5, 5.41) is 7.45. The first kappa shape index (κ1) is 20.3. The second-order valence-electron chi connectivity index (χ2n) is 6.32. The van der Waals surface area contributed by atoms with Gasteiger partial charge in [0.15, 0.2) is 0 Å². The van der Waals surface area contributed by atoms with Crippen molar-refractivity contribution >= 4 is 29.2 Å². The molecule has 0 aliphatic rings. The van der Waals surface area contributed by atoms with E-state index >= 15 is 0 Å². The molecule has 3 amide bonds. The second-order valence-corrected chi connectivity index (χ2v) is 6.75. The highest BCUT2D eigenvalue weighted by Crippen LogP contribution is 2.29. The Hall–Kier alpha value is -3.39. The number of amides is 3. The minimum atomic E-state index is -0.515. The standard InChI is InChI=1S/C20H21ClN6O2/c1-2-27(20(29)25-16-11-24-26(12-16)13-18(22)28)19(17-5-3-4-10-23-17)14-6-8-15(21)9-7-14/h3-12,19H,2,13H2,1H3,(H2,22,28)(H,25,29). The lowest BCUT2D eigenvalue weighted by molar-refractivity contribution is -0.118. The van der Waals surface area contributed by atoms with Crippen LogP contribution in [0.4, 0.5) is 10.5 Å². The molecular formula is C20H21ClN6O2. The minimum absolute atomic E-state index is 0.0608. The molecule has 0 fully saturated rings. The van der Waals surface area contributed by atoms with E-state index in [0.29, 0.717) is 17.3 Å². The molecule has 3 N–H and O–H groups in total. The number of carbonyl (C=O) groups excluding carboxylic acids is 2. The number of halogens is 1. The van der Waals surface area contributed by atoms with Crippen LogP contribution in [0.25, 0.3) is 0 Å². The van der Waals surface area contributed by atoms with Crippen LogP contribution in [0.15, 0.2) is 61.1 Å². The molecular weight excluding hydrogens is 392 g/mol. The molecule has 3 aromatic rings. The second kappa shape index (κ2) is 9.20. The number of hydrogen-bond acceptors (Lipinski definition) is 4. The van der Waals surface area contributed by atoms with Crippen molar-refractivity contribution < 1.29 is 9.59 Å². The van der Waals surface area contributed by atoms with E-state index in [1.165, 1.54) is 10.9 Å². The molecule has 1 atom stereocenters. The van der Waals surface area contributed by atoms with Gasteiger partial charge in [0.2, 0.25) is 5.91 Å². The average molecular weight is 413 g/mol. The Morgan fingerprint density at radius 1 is 1.24 bits per heavy atom. The molecule has 0 aliphatic heterocycles. The summed E-state index contributed by atoms with van der Waals surface area (Å²) >= 11 is 6.03. The number of rotatable bonds is 7. The smallest absolute Gasteiger partial charge is 0.322 e. The van der Waals surface area contributed by atoms with Crippen LogP contribution in [0.1, 0.15) is 24.2 Å². The average Bonchev–Trinajstić information content (AvgIpc) is 3.13. The maximum Gasteiger partial charge on any atom is 0.322 e. The summed E-state index contributed by atoms with van der Waals surface area (Å²) in [6.07, 6.45) is 4.71. The molecule has 1 aromatic carbocycles. The van der Waals surface area contributed by atoms with Crippen LogP contribution in [0.5, 0.6) is 0 Å². The Morgan fingerprint density at radius 3 is 2.62 bits per heavy atom. The van der Waals surface area contributed by atoms with Crippen LogP contribution < -0.4 is 11.1 Å². The maximum absolute atomic E-state index is 13.1. The molecule has 29 heavy (non-hydrogen) atoms. The van der Waals surface area contributed by atoms with Gasteiger partial charge in [-0.25, -0.2) is 4.79 Å². The predicted molar refractivity (Wildman–Crippen MR) is 110 cm³/mol. The number of nitrogens with zero attached hydrogens (tertiary/aromatic N) is 4. The van der Waals surface area contributed by atoms with Gasteiger partial charge >= 0.3 is 6.03 Å². The molecule has 0 radical (unpaired) electrons. The minimum Gasteiger partial charge on any atom is -0.368 e. The first-order valence-electron chi connectivity index (χ1n) is 9.02. The number of hydrogen-bond donors (Lipinski definition) is 2. The lowest BCUT2D eigenvalue weighted by Crippen LogP contribution is -2.38. The summed E-state index contributed by atoms with van der Waals surface area (Å²) in [7, 11) is 0. The number of nitrogens with one attached hydrogen (secondary N) is 1. The van der Waals surface area contributed by atoms with E-state index < -0.39 is 11.9 Å². The van der Waals surface area contributed by atoms with E-state index in [4.69, 9.17) is 17.3 Å². The summed E-state index contributed by atoms with van der Waals surface area (Å²) in [4.78, 5) is 30.2. The predicted octanol–water partition coefficient (Wildman–Crippen LogP) is 3.06. The zero-order valence-corrected chi connectivity index (χ0v) is 16.6. The summed E-state index contributed by atoms with van der Waals surface area (Å²) in [6.45, 7) is 2.27. The van der Waals surface area contributed by atoms with E-state index in [0.717, 1.165) is 11.3 Å². The molecule has 8 nitrogen and oxygen atoms in total. The highest BCUT2D eigenvalue weighted by atomic mass is 35.5. The molecule has 0 spiro atoms. The van der Waals surface area contributed by atoms with Crippen molar-refractivity contribution in [1.82, 2.24) is 19.7 Å². The van der Waals surface area contributed by atoms with Gasteiger partial charge in [0.05, 0.1) is 17.6 Å². The third-order valence-electron chi connectivity index (χ3n) is 4.27. The van der Waals surface area contributed by atoms with E-state index in [9.17, 15) is 9.59 Å². The van der Waals surface area contributed by atoms with Gasteiger partial charge in [0.1, 0.15) is 12.6 Å². The van der Waals surface area contributed by atoms with Gasteiger partial charge < -0.3 is 16.0 Å². The summed E-state index contributed by atoms with van der Waals surface area (Å²) in [6, 6.07) is 12.2. The lowest BCUT2D eigenvalue weighted by Gasteiger charge is -2.31. The van der Waals surface area contributed by atoms with Gasteiger partial charge in [-0.1, -0.05) is 29.8 Å². The van der Waals surface area contributed by atoms with Crippen LogP contribution in [0.3, 0.4) is 0 Å². The number of pyridine rings is 1. The summed E-state index contributed by atoms with van der Waals surface area (Å²) in [5.74, 6) is -0.515. The van der Waals surface area contributed by atoms with Crippen molar-refractivity contribution in [3.05, 3.63) is 77.3 Å². The van der Waals surface area contributed by atoms with Crippen molar-refractivity contribution in [1.29, 1.82) is 0 Å². The topological polar surface area (TPSA) is 106 Å². The Labute approximate surface area is 173 Å². The Kier molecular flexibility index (Phi) is 6.46. The number of carbonyl (C=O) groups is 2. The van der Waals surface area contributed by atoms with Gasteiger partial charge in [-0.2, -0.15) is 5.10 Å². The largest absolute Gasteiger partial charge is 0.368 e. The van der Waals surface area contributed by atoms with Crippen LogP contribution in [-0.4, -0.2) is 38.1 Å². The first-order valence-corrected chi connectivity index (χ1v) is 9.40. The van der Waals surface area contributed by atoms with Gasteiger partial charge in [-0.3, -0.25) is 14.5 Å². The van der Waals surface area contributed by atoms with Crippen molar-refractivity contribution in [2.75, 3.05) is 11.9 Å². The van der Waals surface area contributed by atoms with E-state index in [2.05, 4.69) is 15.4 Å². The highest BCUT2D eigenvalue weighted by Gasteiger charge is 2.27. The van der Waals surface area contributed by atoms with E-state index in [1.54, 1.807) is 29.4 Å². The molecule has 2 heterocycles. The van der Waals surface area contributed by atoms with E-state index in [-0.39, 0.29) is 12.6 Å². The van der Waals surface area contributed by atoms with Gasteiger partial charge in [-0.05, 0) is 36.8 Å².